The van der Waals surface area contributed by atoms with Crippen molar-refractivity contribution >= 4 is 5.97 Å². The van der Waals surface area contributed by atoms with Crippen molar-refractivity contribution in [3.63, 3.8) is 0 Å². The molecular formula is C24H38O3. The van der Waals surface area contributed by atoms with E-state index in [0.717, 1.165) is 31.6 Å². The zero-order valence-electron chi connectivity index (χ0n) is 17.6. The summed E-state index contributed by atoms with van der Waals surface area (Å²) in [7, 11) is 0. The first kappa shape index (κ1) is 19.5. The van der Waals surface area contributed by atoms with Gasteiger partial charge in [0.15, 0.2) is 0 Å². The molecule has 27 heavy (non-hydrogen) atoms. The highest BCUT2D eigenvalue weighted by atomic mass is 16.5. The molecule has 0 aliphatic heterocycles. The molecule has 4 fully saturated rings. The summed E-state index contributed by atoms with van der Waals surface area (Å²) >= 11 is 0. The summed E-state index contributed by atoms with van der Waals surface area (Å²) in [6.07, 6.45) is 9.89. The molecule has 3 nitrogen and oxygen atoms in total. The summed E-state index contributed by atoms with van der Waals surface area (Å²) in [6.45, 7) is 13.0. The van der Waals surface area contributed by atoms with Crippen LogP contribution in [0.3, 0.4) is 0 Å². The van der Waals surface area contributed by atoms with Crippen molar-refractivity contribution in [1.82, 2.24) is 0 Å². The molecule has 0 radical (unpaired) electrons. The van der Waals surface area contributed by atoms with Crippen LogP contribution in [0.2, 0.25) is 0 Å². The zero-order valence-corrected chi connectivity index (χ0v) is 17.6. The quantitative estimate of drug-likeness (QED) is 0.548. The Labute approximate surface area is 164 Å². The lowest BCUT2D eigenvalue weighted by atomic mass is 9.42. The van der Waals surface area contributed by atoms with E-state index in [1.165, 1.54) is 19.3 Å². The lowest BCUT2D eigenvalue weighted by Crippen LogP contribution is -2.57. The van der Waals surface area contributed by atoms with Crippen LogP contribution in [0.1, 0.15) is 72.6 Å². The molecule has 4 rings (SSSR count). The third kappa shape index (κ3) is 2.74. The second kappa shape index (κ2) is 6.61. The predicted octanol–water partition coefficient (Wildman–Crippen LogP) is 4.98. The van der Waals surface area contributed by atoms with Crippen molar-refractivity contribution in [3.8, 4) is 0 Å². The van der Waals surface area contributed by atoms with E-state index in [1.807, 2.05) is 0 Å². The number of allylic oxidation sites excluding steroid dienone is 1. The molecule has 152 valence electrons. The minimum absolute atomic E-state index is 0.0417. The molecule has 0 aromatic carbocycles. The first-order valence-electron chi connectivity index (χ1n) is 11.2. The molecule has 4 aliphatic carbocycles. The lowest BCUT2D eigenvalue weighted by molar-refractivity contribution is -0.172. The largest absolute Gasteiger partial charge is 0.462 e. The van der Waals surface area contributed by atoms with Crippen LogP contribution in [0.5, 0.6) is 0 Å². The van der Waals surface area contributed by atoms with Crippen molar-refractivity contribution < 1.29 is 14.6 Å². The number of carbonyl (C=O) groups is 1. The molecule has 0 spiro atoms. The maximum Gasteiger partial charge on any atom is 0.302 e. The number of ether oxygens (including phenoxy) is 1. The first-order valence-corrected chi connectivity index (χ1v) is 11.2. The van der Waals surface area contributed by atoms with Crippen LogP contribution < -0.4 is 0 Å². The van der Waals surface area contributed by atoms with E-state index in [0.29, 0.717) is 35.0 Å². The van der Waals surface area contributed by atoms with Gasteiger partial charge in [0, 0.05) is 12.3 Å². The lowest BCUT2D eigenvalue weighted by Gasteiger charge is -2.63. The van der Waals surface area contributed by atoms with Crippen LogP contribution in [0.15, 0.2) is 12.7 Å². The smallest absolute Gasteiger partial charge is 0.302 e. The van der Waals surface area contributed by atoms with Crippen LogP contribution in [0, 0.1) is 46.3 Å². The molecule has 0 amide bonds. The summed E-state index contributed by atoms with van der Waals surface area (Å²) in [4.78, 5) is 11.7. The van der Waals surface area contributed by atoms with Crippen LogP contribution in [0.4, 0.5) is 0 Å². The third-order valence-electron chi connectivity index (χ3n) is 9.80. The van der Waals surface area contributed by atoms with Gasteiger partial charge in [0.25, 0.3) is 0 Å². The van der Waals surface area contributed by atoms with E-state index in [4.69, 9.17) is 4.74 Å². The fraction of sp³-hybridized carbons (Fsp3) is 0.875. The zero-order chi connectivity index (χ0) is 19.6. The second-order valence-corrected chi connectivity index (χ2v) is 10.7. The molecule has 4 saturated carbocycles. The summed E-state index contributed by atoms with van der Waals surface area (Å²) in [5.74, 6) is 3.57. The maximum absolute atomic E-state index is 11.7. The van der Waals surface area contributed by atoms with Gasteiger partial charge in [0.05, 0.1) is 6.10 Å². The average molecular weight is 375 g/mol. The number of aliphatic hydroxyl groups is 1. The highest BCUT2D eigenvalue weighted by Crippen LogP contribution is 2.68. The highest BCUT2D eigenvalue weighted by molar-refractivity contribution is 5.66. The van der Waals surface area contributed by atoms with Crippen molar-refractivity contribution in [2.45, 2.75) is 84.8 Å². The number of hydrogen-bond donors (Lipinski definition) is 1. The minimum Gasteiger partial charge on any atom is -0.462 e. The molecule has 4 aliphatic rings. The number of carbonyl (C=O) groups excluding carboxylic acids is 1. The summed E-state index contributed by atoms with van der Waals surface area (Å²) in [5, 5.41) is 10.4. The number of hydrogen-bond acceptors (Lipinski definition) is 3. The molecule has 10 atom stereocenters. The highest BCUT2D eigenvalue weighted by Gasteiger charge is 2.64. The van der Waals surface area contributed by atoms with E-state index in [1.54, 1.807) is 6.92 Å². The van der Waals surface area contributed by atoms with Gasteiger partial charge in [-0.15, -0.1) is 6.58 Å². The van der Waals surface area contributed by atoms with E-state index in [9.17, 15) is 9.90 Å². The first-order chi connectivity index (χ1) is 12.7. The van der Waals surface area contributed by atoms with Crippen molar-refractivity contribution in [3.05, 3.63) is 12.7 Å². The minimum atomic E-state index is -0.141. The van der Waals surface area contributed by atoms with Gasteiger partial charge in [-0.05, 0) is 85.9 Å². The SMILES string of the molecule is C=CC1CC(OC(C)=O)[C@@]2(C)CC[C@@H]3[C@@H](CCC4CC(O)CC(C)[C@@]43C)[C@H]12. The summed E-state index contributed by atoms with van der Waals surface area (Å²) in [6, 6.07) is 0. The molecule has 5 unspecified atom stereocenters. The van der Waals surface area contributed by atoms with Gasteiger partial charge in [0.2, 0.25) is 0 Å². The van der Waals surface area contributed by atoms with Crippen molar-refractivity contribution in [1.29, 1.82) is 0 Å². The standard InChI is InChI=1S/C24H38O3/c1-6-16-12-21(27-15(3)25)23(4)10-9-20-19(22(16)23)8-7-17-13-18(26)11-14(2)24(17,20)5/h6,14,16-22,26H,1,7-13H2,2-5H3/t14?,16?,17?,18?,19-,20-,21?,22+,23-,24+/m1/s1. The van der Waals surface area contributed by atoms with Gasteiger partial charge in [-0.2, -0.15) is 0 Å². The Bertz CT molecular complexity index is 615. The molecule has 3 heteroatoms. The Morgan fingerprint density at radius 1 is 1.19 bits per heavy atom. The molecule has 1 N–H and O–H groups in total. The van der Waals surface area contributed by atoms with E-state index in [2.05, 4.69) is 33.4 Å². The Kier molecular flexibility index (Phi) is 4.77. The number of fused-ring (bicyclic) bond motifs is 5. The Hall–Kier alpha value is -0.830. The van der Waals surface area contributed by atoms with Crippen molar-refractivity contribution in [2.75, 3.05) is 0 Å². The van der Waals surface area contributed by atoms with Gasteiger partial charge >= 0.3 is 5.97 Å². The topological polar surface area (TPSA) is 46.5 Å². The monoisotopic (exact) mass is 374 g/mol. The van der Waals surface area contributed by atoms with Crippen molar-refractivity contribution in [2.24, 2.45) is 46.3 Å². The predicted molar refractivity (Wildman–Crippen MR) is 107 cm³/mol. The summed E-state index contributed by atoms with van der Waals surface area (Å²) in [5.41, 5.74) is 0.432. The third-order valence-corrected chi connectivity index (χ3v) is 9.80. The second-order valence-electron chi connectivity index (χ2n) is 10.7. The Morgan fingerprint density at radius 3 is 2.59 bits per heavy atom. The maximum atomic E-state index is 11.7. The Morgan fingerprint density at radius 2 is 1.93 bits per heavy atom. The average Bonchev–Trinajstić information content (AvgIpc) is 2.88. The number of rotatable bonds is 2. The fourth-order valence-corrected chi connectivity index (χ4v) is 8.44. The molecular weight excluding hydrogens is 336 g/mol. The van der Waals surface area contributed by atoms with Gasteiger partial charge in [-0.3, -0.25) is 4.79 Å². The van der Waals surface area contributed by atoms with E-state index >= 15 is 0 Å². The molecule has 0 saturated heterocycles. The van der Waals surface area contributed by atoms with Crippen LogP contribution in [-0.4, -0.2) is 23.3 Å². The normalized spacial score (nSPS) is 54.4. The summed E-state index contributed by atoms with van der Waals surface area (Å²) < 4.78 is 5.84. The molecule has 0 aromatic heterocycles. The van der Waals surface area contributed by atoms with Crippen LogP contribution in [0.25, 0.3) is 0 Å². The van der Waals surface area contributed by atoms with Gasteiger partial charge in [0.1, 0.15) is 6.10 Å². The van der Waals surface area contributed by atoms with E-state index < -0.39 is 0 Å². The molecule has 0 bridgehead atoms. The van der Waals surface area contributed by atoms with Gasteiger partial charge in [-0.1, -0.05) is 26.8 Å². The molecule has 0 heterocycles. The van der Waals surface area contributed by atoms with Gasteiger partial charge in [-0.25, -0.2) is 0 Å². The molecule has 0 aromatic rings. The number of aliphatic hydroxyl groups excluding tert-OH is 1. The Balaban J connectivity index is 1.67. The fourth-order valence-electron chi connectivity index (χ4n) is 8.44. The van der Waals surface area contributed by atoms with Gasteiger partial charge < -0.3 is 9.84 Å². The van der Waals surface area contributed by atoms with Crippen LogP contribution in [-0.2, 0) is 9.53 Å². The van der Waals surface area contributed by atoms with E-state index in [-0.39, 0.29) is 23.6 Å². The number of esters is 1. The van der Waals surface area contributed by atoms with Crippen LogP contribution >= 0.6 is 0 Å².